The van der Waals surface area contributed by atoms with Crippen LogP contribution in [0.4, 0.5) is 0 Å². The maximum absolute atomic E-state index is 11.4. The van der Waals surface area contributed by atoms with Gasteiger partial charge in [0.2, 0.25) is 0 Å². The zero-order valence-corrected chi connectivity index (χ0v) is 16.1. The van der Waals surface area contributed by atoms with Gasteiger partial charge in [-0.2, -0.15) is 0 Å². The average molecular weight is 343 g/mol. The van der Waals surface area contributed by atoms with Crippen LogP contribution in [0.25, 0.3) is 0 Å². The summed E-state index contributed by atoms with van der Waals surface area (Å²) in [5.41, 5.74) is 0. The Morgan fingerprint density at radius 1 is 0.667 bits per heavy atom. The minimum atomic E-state index is -0.0640. The zero-order chi connectivity index (χ0) is 18.0. The van der Waals surface area contributed by atoms with Crippen LogP contribution in [-0.2, 0) is 19.1 Å². The largest absolute Gasteiger partial charge is 0.466 e. The fourth-order valence-electron chi connectivity index (χ4n) is 2.93. The summed E-state index contributed by atoms with van der Waals surface area (Å²) in [5.74, 6) is 0.531. The van der Waals surface area contributed by atoms with Crippen molar-refractivity contribution in [2.24, 2.45) is 5.92 Å². The standard InChI is InChI=1S/C20H38O4/c1-4-18(16-17-20(22)24-6-3)14-12-10-8-7-9-11-13-15-19(21)23-5-2/h18H,4-17H2,1-3H3. The Labute approximate surface area is 148 Å². The first-order chi connectivity index (χ1) is 11.6. The van der Waals surface area contributed by atoms with Crippen molar-refractivity contribution in [2.45, 2.75) is 97.8 Å². The van der Waals surface area contributed by atoms with Gasteiger partial charge in [-0.1, -0.05) is 58.3 Å². The molecule has 0 aliphatic rings. The molecule has 0 aromatic carbocycles. The van der Waals surface area contributed by atoms with E-state index in [0.29, 0.717) is 32.0 Å². The van der Waals surface area contributed by atoms with Crippen LogP contribution >= 0.6 is 0 Å². The fraction of sp³-hybridized carbons (Fsp3) is 0.900. The third-order valence-electron chi connectivity index (χ3n) is 4.44. The van der Waals surface area contributed by atoms with Crippen molar-refractivity contribution < 1.29 is 19.1 Å². The van der Waals surface area contributed by atoms with Gasteiger partial charge >= 0.3 is 11.9 Å². The molecule has 0 amide bonds. The lowest BCUT2D eigenvalue weighted by Gasteiger charge is -2.14. The third kappa shape index (κ3) is 14.5. The molecule has 0 spiro atoms. The van der Waals surface area contributed by atoms with Crippen LogP contribution in [0.3, 0.4) is 0 Å². The molecule has 4 nitrogen and oxygen atoms in total. The number of unbranched alkanes of at least 4 members (excludes halogenated alkanes) is 6. The molecule has 24 heavy (non-hydrogen) atoms. The number of rotatable bonds is 16. The second-order valence-corrected chi connectivity index (χ2v) is 6.44. The molecular weight excluding hydrogens is 304 g/mol. The first-order valence-electron chi connectivity index (χ1n) is 9.95. The number of hydrogen-bond acceptors (Lipinski definition) is 4. The molecule has 0 saturated heterocycles. The van der Waals surface area contributed by atoms with Crippen LogP contribution in [0.1, 0.15) is 97.8 Å². The van der Waals surface area contributed by atoms with Crippen LogP contribution in [0.15, 0.2) is 0 Å². The molecule has 0 saturated carbocycles. The number of ether oxygens (including phenoxy) is 2. The van der Waals surface area contributed by atoms with E-state index in [4.69, 9.17) is 9.47 Å². The molecule has 142 valence electrons. The highest BCUT2D eigenvalue weighted by Crippen LogP contribution is 2.20. The fourth-order valence-corrected chi connectivity index (χ4v) is 2.93. The molecule has 0 aliphatic heterocycles. The lowest BCUT2D eigenvalue weighted by molar-refractivity contribution is -0.144. The van der Waals surface area contributed by atoms with Gasteiger partial charge in [-0.3, -0.25) is 9.59 Å². The molecule has 0 aliphatic carbocycles. The monoisotopic (exact) mass is 342 g/mol. The Kier molecular flexibility index (Phi) is 16.0. The minimum absolute atomic E-state index is 0.0567. The lowest BCUT2D eigenvalue weighted by Crippen LogP contribution is -2.07. The molecule has 1 atom stereocenters. The summed E-state index contributed by atoms with van der Waals surface area (Å²) in [7, 11) is 0. The van der Waals surface area contributed by atoms with Crippen molar-refractivity contribution in [1.29, 1.82) is 0 Å². The van der Waals surface area contributed by atoms with Gasteiger partial charge in [-0.25, -0.2) is 0 Å². The Hall–Kier alpha value is -1.06. The second-order valence-electron chi connectivity index (χ2n) is 6.44. The Balaban J connectivity index is 3.43. The first kappa shape index (κ1) is 22.9. The summed E-state index contributed by atoms with van der Waals surface area (Å²) < 4.78 is 9.90. The van der Waals surface area contributed by atoms with Gasteiger partial charge in [-0.15, -0.1) is 0 Å². The average Bonchev–Trinajstić information content (AvgIpc) is 2.56. The normalized spacial score (nSPS) is 12.0. The van der Waals surface area contributed by atoms with Gasteiger partial charge in [0, 0.05) is 12.8 Å². The summed E-state index contributed by atoms with van der Waals surface area (Å²) >= 11 is 0. The number of hydrogen-bond donors (Lipinski definition) is 0. The zero-order valence-electron chi connectivity index (χ0n) is 16.1. The van der Waals surface area contributed by atoms with Crippen LogP contribution < -0.4 is 0 Å². The highest BCUT2D eigenvalue weighted by molar-refractivity contribution is 5.69. The van der Waals surface area contributed by atoms with Gasteiger partial charge in [0.15, 0.2) is 0 Å². The molecule has 0 aromatic heterocycles. The van der Waals surface area contributed by atoms with Crippen molar-refractivity contribution in [3.63, 3.8) is 0 Å². The van der Waals surface area contributed by atoms with E-state index in [9.17, 15) is 9.59 Å². The van der Waals surface area contributed by atoms with E-state index in [2.05, 4.69) is 6.92 Å². The van der Waals surface area contributed by atoms with Gasteiger partial charge in [-0.05, 0) is 32.6 Å². The summed E-state index contributed by atoms with van der Waals surface area (Å²) in [6, 6.07) is 0. The second kappa shape index (κ2) is 16.8. The van der Waals surface area contributed by atoms with Crippen molar-refractivity contribution in [2.75, 3.05) is 13.2 Å². The van der Waals surface area contributed by atoms with Crippen LogP contribution in [0.5, 0.6) is 0 Å². The van der Waals surface area contributed by atoms with Crippen LogP contribution in [-0.4, -0.2) is 25.2 Å². The first-order valence-corrected chi connectivity index (χ1v) is 9.95. The Morgan fingerprint density at radius 2 is 1.17 bits per heavy atom. The van der Waals surface area contributed by atoms with Crippen molar-refractivity contribution in [1.82, 2.24) is 0 Å². The molecule has 0 rings (SSSR count). The molecule has 0 N–H and O–H groups in total. The maximum atomic E-state index is 11.4. The van der Waals surface area contributed by atoms with E-state index in [0.717, 1.165) is 25.7 Å². The summed E-state index contributed by atoms with van der Waals surface area (Å²) in [6.07, 6.45) is 12.8. The quantitative estimate of drug-likeness (QED) is 0.277. The summed E-state index contributed by atoms with van der Waals surface area (Å²) in [4.78, 5) is 22.6. The molecular formula is C20H38O4. The van der Waals surface area contributed by atoms with E-state index in [1.54, 1.807) is 0 Å². The molecule has 0 aromatic rings. The lowest BCUT2D eigenvalue weighted by atomic mass is 9.93. The number of carbonyl (C=O) groups is 2. The van der Waals surface area contributed by atoms with Gasteiger partial charge in [0.25, 0.3) is 0 Å². The molecule has 0 bridgehead atoms. The molecule has 0 fully saturated rings. The summed E-state index contributed by atoms with van der Waals surface area (Å²) in [5, 5.41) is 0. The van der Waals surface area contributed by atoms with Crippen molar-refractivity contribution in [3.05, 3.63) is 0 Å². The molecule has 0 heterocycles. The van der Waals surface area contributed by atoms with E-state index in [1.165, 1.54) is 38.5 Å². The predicted octanol–water partition coefficient (Wildman–Crippen LogP) is 5.43. The Bertz CT molecular complexity index is 315. The van der Waals surface area contributed by atoms with Crippen molar-refractivity contribution in [3.8, 4) is 0 Å². The molecule has 0 radical (unpaired) electrons. The van der Waals surface area contributed by atoms with Gasteiger partial charge < -0.3 is 9.47 Å². The smallest absolute Gasteiger partial charge is 0.305 e. The van der Waals surface area contributed by atoms with Gasteiger partial charge in [0.1, 0.15) is 0 Å². The van der Waals surface area contributed by atoms with E-state index in [-0.39, 0.29) is 11.9 Å². The maximum Gasteiger partial charge on any atom is 0.305 e. The van der Waals surface area contributed by atoms with Gasteiger partial charge in [0.05, 0.1) is 13.2 Å². The van der Waals surface area contributed by atoms with E-state index in [1.807, 2.05) is 13.8 Å². The number of esters is 2. The SMILES string of the molecule is CCOC(=O)CCCCCCCCCC(CC)CCC(=O)OCC. The highest BCUT2D eigenvalue weighted by Gasteiger charge is 2.10. The number of carbonyl (C=O) groups excluding carboxylic acids is 2. The van der Waals surface area contributed by atoms with Crippen molar-refractivity contribution >= 4 is 11.9 Å². The molecule has 4 heteroatoms. The topological polar surface area (TPSA) is 52.6 Å². The molecule has 1 unspecified atom stereocenters. The van der Waals surface area contributed by atoms with E-state index >= 15 is 0 Å². The Morgan fingerprint density at radius 3 is 1.71 bits per heavy atom. The van der Waals surface area contributed by atoms with Crippen LogP contribution in [0.2, 0.25) is 0 Å². The van der Waals surface area contributed by atoms with E-state index < -0.39 is 0 Å². The predicted molar refractivity (Wildman–Crippen MR) is 97.8 cm³/mol. The third-order valence-corrected chi connectivity index (χ3v) is 4.44. The minimum Gasteiger partial charge on any atom is -0.466 e. The van der Waals surface area contributed by atoms with Crippen LogP contribution in [0, 0.1) is 5.92 Å². The summed E-state index contributed by atoms with van der Waals surface area (Å²) in [6.45, 7) is 6.87. The highest BCUT2D eigenvalue weighted by atomic mass is 16.5.